The van der Waals surface area contributed by atoms with Gasteiger partial charge in [0.05, 0.1) is 0 Å². The van der Waals surface area contributed by atoms with Crippen LogP contribution in [0.2, 0.25) is 0 Å². The van der Waals surface area contributed by atoms with Crippen molar-refractivity contribution < 1.29 is 9.90 Å². The van der Waals surface area contributed by atoms with E-state index in [-0.39, 0.29) is 5.88 Å². The van der Waals surface area contributed by atoms with Crippen LogP contribution in [0.3, 0.4) is 0 Å². The molecule has 0 aliphatic rings. The maximum absolute atomic E-state index is 9.24. The summed E-state index contributed by atoms with van der Waals surface area (Å²) in [6, 6.07) is 0. The van der Waals surface area contributed by atoms with Gasteiger partial charge in [-0.1, -0.05) is 0 Å². The summed E-state index contributed by atoms with van der Waals surface area (Å²) >= 11 is 4.74. The third kappa shape index (κ3) is 5.26. The van der Waals surface area contributed by atoms with Crippen LogP contribution >= 0.6 is 11.6 Å². The molecule has 0 radical (unpaired) electrons. The number of aromatic nitrogens is 2. The highest BCUT2D eigenvalue weighted by Gasteiger charge is 1.83. The molecule has 0 aromatic carbocycles. The number of carboxylic acid groups (broad SMARTS) is 1. The van der Waals surface area contributed by atoms with Gasteiger partial charge in [-0.3, -0.25) is 4.79 Å². The van der Waals surface area contributed by atoms with Crippen molar-refractivity contribution in [3.05, 3.63) is 18.7 Å². The fourth-order valence-electron chi connectivity index (χ4n) is 0.318. The predicted octanol–water partition coefficient (Wildman–Crippen LogP) is 0.522. The first-order valence-electron chi connectivity index (χ1n) is 2.86. The molecule has 5 nitrogen and oxygen atoms in total. The monoisotopic (exact) mass is 187 g/mol. The van der Waals surface area contributed by atoms with Gasteiger partial charge in [0.25, 0.3) is 0 Å². The van der Waals surface area contributed by atoms with E-state index in [4.69, 9.17) is 22.0 Å². The topological polar surface area (TPSA) is 78.9 Å². The van der Waals surface area contributed by atoms with Crippen LogP contribution in [0.15, 0.2) is 18.7 Å². The molecule has 0 amide bonds. The summed E-state index contributed by atoms with van der Waals surface area (Å²) in [5.41, 5.74) is 0. The number of nitrogens with zero attached hydrogens (tertiary/aromatic N) is 3. The van der Waals surface area contributed by atoms with Gasteiger partial charge >= 0.3 is 5.97 Å². The molecular weight excluding hydrogens is 182 g/mol. The molecule has 0 fully saturated rings. The number of aliphatic carboxylic acids is 1. The zero-order chi connectivity index (χ0) is 9.40. The molecule has 0 atom stereocenters. The molecule has 0 aliphatic carbocycles. The number of carbonyl (C=O) groups is 1. The molecule has 0 unspecified atom stereocenters. The van der Waals surface area contributed by atoms with Crippen LogP contribution in [-0.2, 0) is 4.79 Å². The molecule has 0 saturated carbocycles. The van der Waals surface area contributed by atoms with Crippen LogP contribution < -0.4 is 0 Å². The molecule has 64 valence electrons. The summed E-state index contributed by atoms with van der Waals surface area (Å²) in [7, 11) is 0. The number of nitriles is 1. The van der Waals surface area contributed by atoms with Gasteiger partial charge in [-0.05, 0) is 0 Å². The second-order valence-electron chi connectivity index (χ2n) is 1.60. The molecule has 6 heteroatoms. The zero-order valence-electron chi connectivity index (χ0n) is 6.01. The number of carboxylic acids is 1. The van der Waals surface area contributed by atoms with E-state index < -0.39 is 5.97 Å². The lowest BCUT2D eigenvalue weighted by Crippen LogP contribution is -1.92. The number of hydrogen-bond donors (Lipinski definition) is 1. The predicted molar refractivity (Wildman–Crippen MR) is 41.6 cm³/mol. The summed E-state index contributed by atoms with van der Waals surface area (Å²) in [6.45, 7) is 0. The number of rotatable bonds is 1. The SMILES string of the molecule is N#Cn1ccnc1.O=C(O)CCl. The maximum atomic E-state index is 9.24. The number of imidazole rings is 1. The van der Waals surface area contributed by atoms with Gasteiger partial charge in [0.2, 0.25) is 0 Å². The first-order chi connectivity index (χ1) is 5.70. The first kappa shape index (κ1) is 10.5. The van der Waals surface area contributed by atoms with Crippen molar-refractivity contribution in [1.82, 2.24) is 9.55 Å². The van der Waals surface area contributed by atoms with Gasteiger partial charge in [0.15, 0.2) is 6.19 Å². The summed E-state index contributed by atoms with van der Waals surface area (Å²) < 4.78 is 1.32. The van der Waals surface area contributed by atoms with Crippen LogP contribution in [-0.4, -0.2) is 26.5 Å². The van der Waals surface area contributed by atoms with Gasteiger partial charge in [-0.25, -0.2) is 9.55 Å². The summed E-state index contributed by atoms with van der Waals surface area (Å²) in [5, 5.41) is 15.7. The highest BCUT2D eigenvalue weighted by Crippen LogP contribution is 1.76. The van der Waals surface area contributed by atoms with Crippen molar-refractivity contribution in [2.24, 2.45) is 0 Å². The standard InChI is InChI=1S/C4H3N3.C2H3ClO2/c5-3-7-2-1-6-4-7;3-1-2(4)5/h1-2,4H;1H2,(H,4,5). The van der Waals surface area contributed by atoms with Crippen molar-refractivity contribution in [2.75, 3.05) is 5.88 Å². The van der Waals surface area contributed by atoms with E-state index in [1.807, 2.05) is 6.19 Å². The Morgan fingerprint density at radius 2 is 2.42 bits per heavy atom. The lowest BCUT2D eigenvalue weighted by molar-refractivity contribution is -0.134. The summed E-state index contributed by atoms with van der Waals surface area (Å²) in [5.74, 6) is -1.29. The van der Waals surface area contributed by atoms with Crippen LogP contribution in [0.1, 0.15) is 0 Å². The Morgan fingerprint density at radius 3 is 2.58 bits per heavy atom. The number of alkyl halides is 1. The molecule has 0 saturated heterocycles. The third-order valence-electron chi connectivity index (χ3n) is 0.734. The molecule has 0 spiro atoms. The van der Waals surface area contributed by atoms with E-state index in [0.29, 0.717) is 0 Å². The van der Waals surface area contributed by atoms with Gasteiger partial charge in [0.1, 0.15) is 12.2 Å². The van der Waals surface area contributed by atoms with E-state index in [0.717, 1.165) is 0 Å². The van der Waals surface area contributed by atoms with Crippen LogP contribution in [0.5, 0.6) is 0 Å². The Kier molecular flexibility index (Phi) is 5.39. The van der Waals surface area contributed by atoms with E-state index in [1.165, 1.54) is 10.9 Å². The Labute approximate surface area is 73.8 Å². The number of halogens is 1. The Morgan fingerprint density at radius 1 is 1.83 bits per heavy atom. The zero-order valence-corrected chi connectivity index (χ0v) is 6.77. The molecule has 1 N–H and O–H groups in total. The average molecular weight is 188 g/mol. The minimum atomic E-state index is -0.980. The Bertz CT molecular complexity index is 265. The lowest BCUT2D eigenvalue weighted by Gasteiger charge is -1.72. The van der Waals surface area contributed by atoms with Crippen molar-refractivity contribution in [1.29, 1.82) is 5.26 Å². The molecule has 12 heavy (non-hydrogen) atoms. The normalized spacial score (nSPS) is 7.67. The largest absolute Gasteiger partial charge is 0.480 e. The van der Waals surface area contributed by atoms with Crippen molar-refractivity contribution >= 4 is 17.6 Å². The smallest absolute Gasteiger partial charge is 0.318 e. The van der Waals surface area contributed by atoms with Gasteiger partial charge in [-0.15, -0.1) is 11.6 Å². The number of hydrogen-bond acceptors (Lipinski definition) is 3. The molecular formula is C6H6ClN3O2. The van der Waals surface area contributed by atoms with Gasteiger partial charge in [0, 0.05) is 12.4 Å². The summed E-state index contributed by atoms with van der Waals surface area (Å²) in [4.78, 5) is 12.9. The fourth-order valence-corrected chi connectivity index (χ4v) is 0.318. The summed E-state index contributed by atoms with van der Waals surface area (Å²) in [6.07, 6.45) is 6.45. The molecule has 1 rings (SSSR count). The molecule has 1 aromatic rings. The van der Waals surface area contributed by atoms with Crippen LogP contribution in [0.4, 0.5) is 0 Å². The highest BCUT2D eigenvalue weighted by atomic mass is 35.5. The average Bonchev–Trinajstić information content (AvgIpc) is 2.57. The second-order valence-corrected chi connectivity index (χ2v) is 1.86. The van der Waals surface area contributed by atoms with Crippen molar-refractivity contribution in [3.63, 3.8) is 0 Å². The molecule has 1 heterocycles. The quantitative estimate of drug-likeness (QED) is 0.651. The van der Waals surface area contributed by atoms with Gasteiger partial charge < -0.3 is 5.11 Å². The van der Waals surface area contributed by atoms with Crippen molar-refractivity contribution in [2.45, 2.75) is 0 Å². The van der Waals surface area contributed by atoms with E-state index >= 15 is 0 Å². The Balaban J connectivity index is 0.000000217. The minimum Gasteiger partial charge on any atom is -0.480 e. The van der Waals surface area contributed by atoms with E-state index in [1.54, 1.807) is 12.4 Å². The van der Waals surface area contributed by atoms with Crippen LogP contribution in [0.25, 0.3) is 0 Å². The molecule has 0 aliphatic heterocycles. The van der Waals surface area contributed by atoms with Crippen molar-refractivity contribution in [3.8, 4) is 6.19 Å². The minimum absolute atomic E-state index is 0.306. The first-order valence-corrected chi connectivity index (χ1v) is 3.40. The fraction of sp³-hybridized carbons (Fsp3) is 0.167. The second kappa shape index (κ2) is 6.19. The molecule has 1 aromatic heterocycles. The van der Waals surface area contributed by atoms with Gasteiger partial charge in [-0.2, -0.15) is 5.26 Å². The van der Waals surface area contributed by atoms with Crippen LogP contribution in [0, 0.1) is 11.5 Å². The molecule has 0 bridgehead atoms. The highest BCUT2D eigenvalue weighted by molar-refractivity contribution is 6.26. The Hall–Kier alpha value is -1.54. The van der Waals surface area contributed by atoms with E-state index in [9.17, 15) is 4.79 Å². The third-order valence-corrected chi connectivity index (χ3v) is 0.963. The maximum Gasteiger partial charge on any atom is 0.318 e. The lowest BCUT2D eigenvalue weighted by atomic mass is 10.8. The van der Waals surface area contributed by atoms with E-state index in [2.05, 4.69) is 4.98 Å².